The highest BCUT2D eigenvalue weighted by atomic mass is 16.2. The molecule has 21 heavy (non-hydrogen) atoms. The zero-order valence-corrected chi connectivity index (χ0v) is 13.7. The van der Waals surface area contributed by atoms with Gasteiger partial charge in [0.15, 0.2) is 0 Å². The Morgan fingerprint density at radius 3 is 2.38 bits per heavy atom. The van der Waals surface area contributed by atoms with E-state index in [0.717, 1.165) is 25.3 Å². The molecular weight excluding hydrogens is 260 g/mol. The number of hydrogen-bond acceptors (Lipinski definition) is 2. The van der Waals surface area contributed by atoms with Gasteiger partial charge in [-0.2, -0.15) is 0 Å². The van der Waals surface area contributed by atoms with Gasteiger partial charge >= 0.3 is 0 Å². The lowest BCUT2D eigenvalue weighted by Crippen LogP contribution is -2.43. The van der Waals surface area contributed by atoms with Gasteiger partial charge in [-0.05, 0) is 37.5 Å². The first-order valence-electron chi connectivity index (χ1n) is 9.36. The molecule has 3 aliphatic rings. The molecule has 1 amide bonds. The van der Waals surface area contributed by atoms with E-state index in [0.29, 0.717) is 18.0 Å². The van der Waals surface area contributed by atoms with Gasteiger partial charge in [0.2, 0.25) is 5.91 Å². The molecule has 2 unspecified atom stereocenters. The molecule has 2 saturated carbocycles. The molecule has 2 atom stereocenters. The maximum atomic E-state index is 12.7. The van der Waals surface area contributed by atoms with Crippen LogP contribution in [0.3, 0.4) is 0 Å². The number of rotatable bonds is 6. The van der Waals surface area contributed by atoms with Crippen molar-refractivity contribution < 1.29 is 4.79 Å². The maximum absolute atomic E-state index is 12.7. The molecule has 2 aliphatic carbocycles. The van der Waals surface area contributed by atoms with Gasteiger partial charge in [0, 0.05) is 6.54 Å². The number of carbonyl (C=O) groups is 1. The third-order valence-electron chi connectivity index (χ3n) is 5.97. The minimum absolute atomic E-state index is 0.101. The predicted molar refractivity (Wildman–Crippen MR) is 85.9 cm³/mol. The molecular formula is C18H32N2O. The number of carbonyl (C=O) groups excluding carboxylic acids is 1. The van der Waals surface area contributed by atoms with Crippen LogP contribution in [0.1, 0.15) is 77.6 Å². The fourth-order valence-electron chi connectivity index (χ4n) is 4.73. The van der Waals surface area contributed by atoms with E-state index < -0.39 is 0 Å². The van der Waals surface area contributed by atoms with E-state index >= 15 is 0 Å². The Labute approximate surface area is 129 Å². The summed E-state index contributed by atoms with van der Waals surface area (Å²) in [5.74, 6) is 1.98. The van der Waals surface area contributed by atoms with Crippen molar-refractivity contribution in [3.05, 3.63) is 0 Å². The van der Waals surface area contributed by atoms with Crippen molar-refractivity contribution in [2.45, 2.75) is 89.8 Å². The van der Waals surface area contributed by atoms with E-state index in [4.69, 9.17) is 0 Å². The number of nitrogens with zero attached hydrogens (tertiary/aromatic N) is 1. The molecule has 3 rings (SSSR count). The second kappa shape index (κ2) is 7.13. The summed E-state index contributed by atoms with van der Waals surface area (Å²) in [4.78, 5) is 15.0. The van der Waals surface area contributed by atoms with E-state index in [1.54, 1.807) is 0 Å². The largest absolute Gasteiger partial charge is 0.326 e. The van der Waals surface area contributed by atoms with Crippen molar-refractivity contribution in [3.63, 3.8) is 0 Å². The van der Waals surface area contributed by atoms with E-state index in [9.17, 15) is 4.79 Å². The standard InChI is InChI=1S/C18H32N2O/c1-2-7-16-18(21)20(13-12-14-8-3-4-9-14)17(19-16)15-10-5-6-11-15/h14-17,19H,2-13H2,1H3. The summed E-state index contributed by atoms with van der Waals surface area (Å²) in [5.41, 5.74) is 0. The van der Waals surface area contributed by atoms with Crippen molar-refractivity contribution in [2.24, 2.45) is 11.8 Å². The predicted octanol–water partition coefficient (Wildman–Crippen LogP) is 3.68. The van der Waals surface area contributed by atoms with Crippen LogP contribution in [0.4, 0.5) is 0 Å². The Bertz CT molecular complexity index is 345. The molecule has 3 heteroatoms. The van der Waals surface area contributed by atoms with Crippen LogP contribution in [0.15, 0.2) is 0 Å². The topological polar surface area (TPSA) is 32.3 Å². The monoisotopic (exact) mass is 292 g/mol. The smallest absolute Gasteiger partial charge is 0.241 e. The highest BCUT2D eigenvalue weighted by Crippen LogP contribution is 2.34. The molecule has 0 spiro atoms. The minimum Gasteiger partial charge on any atom is -0.326 e. The molecule has 0 aromatic heterocycles. The van der Waals surface area contributed by atoms with Gasteiger partial charge in [-0.1, -0.05) is 51.9 Å². The van der Waals surface area contributed by atoms with Gasteiger partial charge in [0.05, 0.1) is 12.2 Å². The van der Waals surface area contributed by atoms with E-state index in [1.807, 2.05) is 0 Å². The average molecular weight is 292 g/mol. The van der Waals surface area contributed by atoms with Gasteiger partial charge < -0.3 is 4.90 Å². The minimum atomic E-state index is 0.101. The zero-order chi connectivity index (χ0) is 14.7. The summed E-state index contributed by atoms with van der Waals surface area (Å²) in [6.45, 7) is 3.18. The molecule has 1 heterocycles. The normalized spacial score (nSPS) is 31.7. The third-order valence-corrected chi connectivity index (χ3v) is 5.97. The van der Waals surface area contributed by atoms with Crippen LogP contribution in [-0.4, -0.2) is 29.6 Å². The number of nitrogens with one attached hydrogen (secondary N) is 1. The SMILES string of the molecule is CCCC1NC(C2CCCC2)N(CCC2CCCC2)C1=O. The van der Waals surface area contributed by atoms with Crippen LogP contribution in [0.2, 0.25) is 0 Å². The molecule has 0 aromatic rings. The highest BCUT2D eigenvalue weighted by Gasteiger charge is 2.42. The summed E-state index contributed by atoms with van der Waals surface area (Å²) in [6, 6.07) is 0.101. The lowest BCUT2D eigenvalue weighted by atomic mass is 10.0. The van der Waals surface area contributed by atoms with Gasteiger partial charge in [0.25, 0.3) is 0 Å². The van der Waals surface area contributed by atoms with Crippen LogP contribution >= 0.6 is 0 Å². The second-order valence-electron chi connectivity index (χ2n) is 7.47. The van der Waals surface area contributed by atoms with Crippen molar-refractivity contribution >= 4 is 5.91 Å². The molecule has 1 N–H and O–H groups in total. The number of hydrogen-bond donors (Lipinski definition) is 1. The summed E-state index contributed by atoms with van der Waals surface area (Å²) >= 11 is 0. The lowest BCUT2D eigenvalue weighted by Gasteiger charge is -2.29. The van der Waals surface area contributed by atoms with Crippen molar-refractivity contribution in [3.8, 4) is 0 Å². The Hall–Kier alpha value is -0.570. The van der Waals surface area contributed by atoms with Crippen LogP contribution < -0.4 is 5.32 Å². The first kappa shape index (κ1) is 15.3. The molecule has 0 aromatic carbocycles. The molecule has 3 nitrogen and oxygen atoms in total. The zero-order valence-electron chi connectivity index (χ0n) is 13.7. The first-order chi connectivity index (χ1) is 10.3. The molecule has 1 saturated heterocycles. The van der Waals surface area contributed by atoms with Crippen LogP contribution in [0.5, 0.6) is 0 Å². The molecule has 1 aliphatic heterocycles. The van der Waals surface area contributed by atoms with E-state index in [2.05, 4.69) is 17.1 Å². The Morgan fingerprint density at radius 1 is 1.05 bits per heavy atom. The van der Waals surface area contributed by atoms with Crippen molar-refractivity contribution in [1.29, 1.82) is 0 Å². The van der Waals surface area contributed by atoms with Gasteiger partial charge in [0.1, 0.15) is 0 Å². The Morgan fingerprint density at radius 2 is 1.71 bits per heavy atom. The van der Waals surface area contributed by atoms with Crippen LogP contribution in [0.25, 0.3) is 0 Å². The molecule has 120 valence electrons. The quantitative estimate of drug-likeness (QED) is 0.810. The van der Waals surface area contributed by atoms with Gasteiger partial charge in [-0.3, -0.25) is 10.1 Å². The summed E-state index contributed by atoms with van der Waals surface area (Å²) in [6.07, 6.45) is 14.6. The fourth-order valence-corrected chi connectivity index (χ4v) is 4.73. The number of amides is 1. The maximum Gasteiger partial charge on any atom is 0.241 e. The van der Waals surface area contributed by atoms with Crippen LogP contribution in [0, 0.1) is 11.8 Å². The third kappa shape index (κ3) is 3.44. The van der Waals surface area contributed by atoms with Gasteiger partial charge in [-0.25, -0.2) is 0 Å². The Kier molecular flexibility index (Phi) is 5.20. The molecule has 0 bridgehead atoms. The second-order valence-corrected chi connectivity index (χ2v) is 7.47. The molecule has 0 radical (unpaired) electrons. The first-order valence-corrected chi connectivity index (χ1v) is 9.36. The Balaban J connectivity index is 1.61. The van der Waals surface area contributed by atoms with Crippen molar-refractivity contribution in [1.82, 2.24) is 10.2 Å². The van der Waals surface area contributed by atoms with E-state index in [1.165, 1.54) is 57.8 Å². The lowest BCUT2D eigenvalue weighted by molar-refractivity contribution is -0.130. The van der Waals surface area contributed by atoms with Crippen LogP contribution in [-0.2, 0) is 4.79 Å². The summed E-state index contributed by atoms with van der Waals surface area (Å²) in [7, 11) is 0. The van der Waals surface area contributed by atoms with E-state index in [-0.39, 0.29) is 6.04 Å². The highest BCUT2D eigenvalue weighted by molar-refractivity contribution is 5.84. The molecule has 3 fully saturated rings. The average Bonchev–Trinajstić information content (AvgIpc) is 3.20. The van der Waals surface area contributed by atoms with Gasteiger partial charge in [-0.15, -0.1) is 0 Å². The van der Waals surface area contributed by atoms with Crippen molar-refractivity contribution in [2.75, 3.05) is 6.54 Å². The fraction of sp³-hybridized carbons (Fsp3) is 0.944. The summed E-state index contributed by atoms with van der Waals surface area (Å²) in [5, 5.41) is 3.69. The summed E-state index contributed by atoms with van der Waals surface area (Å²) < 4.78 is 0.